The number of carbonyl (C=O) groups is 1. The summed E-state index contributed by atoms with van der Waals surface area (Å²) < 4.78 is 8.62. The third kappa shape index (κ3) is 5.05. The second-order valence-electron chi connectivity index (χ2n) is 6.57. The molecule has 1 aromatic carbocycles. The highest BCUT2D eigenvalue weighted by Gasteiger charge is 2.15. The summed E-state index contributed by atoms with van der Waals surface area (Å²) in [7, 11) is -1.13. The number of amides is 1. The van der Waals surface area contributed by atoms with Gasteiger partial charge in [0.2, 0.25) is 0 Å². The number of hydrogen-bond donors (Lipinski definition) is 2. The fourth-order valence-corrected chi connectivity index (χ4v) is 3.33. The van der Waals surface area contributed by atoms with E-state index in [1.807, 2.05) is 22.8 Å². The molecule has 0 aliphatic rings. The Morgan fingerprint density at radius 2 is 2.17 bits per heavy atom. The highest BCUT2D eigenvalue weighted by atomic mass is 79.9. The highest BCUT2D eigenvalue weighted by molar-refractivity contribution is 9.10. The zero-order valence-corrected chi connectivity index (χ0v) is 16.2. The number of aromatic nitrogens is 2. The predicted octanol–water partition coefficient (Wildman–Crippen LogP) is 3.88. The molecular formula is C15H22BrN3O3Si. The van der Waals surface area contributed by atoms with Crippen LogP contribution in [0.25, 0.3) is 11.0 Å². The van der Waals surface area contributed by atoms with Crippen molar-refractivity contribution in [2.45, 2.75) is 39.0 Å². The summed E-state index contributed by atoms with van der Waals surface area (Å²) in [5, 5.41) is 11.2. The lowest BCUT2D eigenvalue weighted by molar-refractivity contribution is 0.0876. The first kappa shape index (κ1) is 18.0. The highest BCUT2D eigenvalue weighted by Crippen LogP contribution is 2.24. The number of nitrogens with one attached hydrogen (secondary N) is 1. The molecular weight excluding hydrogens is 378 g/mol. The van der Waals surface area contributed by atoms with Gasteiger partial charge in [-0.1, -0.05) is 25.7 Å². The number of para-hydroxylation sites is 1. The van der Waals surface area contributed by atoms with Gasteiger partial charge in [0, 0.05) is 19.2 Å². The monoisotopic (exact) mass is 399 g/mol. The largest absolute Gasteiger partial charge is 0.465 e. The van der Waals surface area contributed by atoms with E-state index in [1.165, 1.54) is 0 Å². The molecule has 2 aromatic rings. The number of carboxylic acid groups (broad SMARTS) is 1. The van der Waals surface area contributed by atoms with Gasteiger partial charge in [-0.05, 0) is 34.1 Å². The molecule has 23 heavy (non-hydrogen) atoms. The summed E-state index contributed by atoms with van der Waals surface area (Å²) in [5.74, 6) is 0.641. The molecule has 6 nitrogen and oxygen atoms in total. The summed E-state index contributed by atoms with van der Waals surface area (Å²) in [5.41, 5.74) is 1.73. The van der Waals surface area contributed by atoms with Crippen LogP contribution in [0.15, 0.2) is 22.7 Å². The molecule has 0 unspecified atom stereocenters. The Morgan fingerprint density at radius 3 is 2.83 bits per heavy atom. The van der Waals surface area contributed by atoms with Crippen molar-refractivity contribution < 1.29 is 14.6 Å². The topological polar surface area (TPSA) is 76.4 Å². The molecule has 2 N–H and O–H groups in total. The third-order valence-electron chi connectivity index (χ3n) is 3.42. The molecule has 1 heterocycles. The molecule has 0 aliphatic heterocycles. The van der Waals surface area contributed by atoms with E-state index in [4.69, 9.17) is 9.84 Å². The van der Waals surface area contributed by atoms with Crippen molar-refractivity contribution >= 4 is 41.1 Å². The minimum absolute atomic E-state index is 0.147. The van der Waals surface area contributed by atoms with Crippen LogP contribution in [0.4, 0.5) is 4.79 Å². The van der Waals surface area contributed by atoms with Gasteiger partial charge < -0.3 is 19.7 Å². The van der Waals surface area contributed by atoms with Crippen LogP contribution in [0, 0.1) is 0 Å². The summed E-state index contributed by atoms with van der Waals surface area (Å²) >= 11 is 3.48. The van der Waals surface area contributed by atoms with Crippen molar-refractivity contribution in [2.75, 3.05) is 6.61 Å². The number of imidazole rings is 1. The SMILES string of the molecule is C[Si](C)(C)CCOCn1c(CNC(=O)O)nc2c(Br)cccc21. The van der Waals surface area contributed by atoms with E-state index < -0.39 is 14.2 Å². The molecule has 2 rings (SSSR count). The number of nitrogens with zero attached hydrogens (tertiary/aromatic N) is 2. The van der Waals surface area contributed by atoms with Gasteiger partial charge in [0.15, 0.2) is 0 Å². The van der Waals surface area contributed by atoms with Crippen LogP contribution >= 0.6 is 15.9 Å². The Hall–Kier alpha value is -1.38. The van der Waals surface area contributed by atoms with Crippen molar-refractivity contribution in [1.29, 1.82) is 0 Å². The van der Waals surface area contributed by atoms with Crippen molar-refractivity contribution in [1.82, 2.24) is 14.9 Å². The lowest BCUT2D eigenvalue weighted by atomic mass is 10.3. The number of rotatable bonds is 7. The van der Waals surface area contributed by atoms with Crippen LogP contribution in [-0.2, 0) is 18.0 Å². The molecule has 0 spiro atoms. The maximum Gasteiger partial charge on any atom is 0.405 e. The third-order valence-corrected chi connectivity index (χ3v) is 5.77. The summed E-state index contributed by atoms with van der Waals surface area (Å²) in [6.07, 6.45) is -1.07. The summed E-state index contributed by atoms with van der Waals surface area (Å²) in [6.45, 7) is 8.14. The van der Waals surface area contributed by atoms with E-state index in [1.54, 1.807) is 0 Å². The van der Waals surface area contributed by atoms with Gasteiger partial charge in [0.1, 0.15) is 18.1 Å². The number of hydrogen-bond acceptors (Lipinski definition) is 3. The molecule has 0 radical (unpaired) electrons. The summed E-state index contributed by atoms with van der Waals surface area (Å²) in [6, 6.07) is 6.90. The first-order valence-electron chi connectivity index (χ1n) is 7.46. The Labute approximate surface area is 145 Å². The first-order valence-corrected chi connectivity index (χ1v) is 12.0. The molecule has 126 valence electrons. The molecule has 1 amide bonds. The fourth-order valence-electron chi connectivity index (χ4n) is 2.13. The van der Waals surface area contributed by atoms with Crippen molar-refractivity contribution in [3.05, 3.63) is 28.5 Å². The molecule has 1 aromatic heterocycles. The second kappa shape index (κ2) is 7.46. The van der Waals surface area contributed by atoms with Crippen molar-refractivity contribution in [3.63, 3.8) is 0 Å². The first-order chi connectivity index (χ1) is 10.8. The minimum atomic E-state index is -1.13. The van der Waals surface area contributed by atoms with Gasteiger partial charge in [-0.2, -0.15) is 0 Å². The second-order valence-corrected chi connectivity index (χ2v) is 13.0. The molecule has 8 heteroatoms. The average Bonchev–Trinajstić information content (AvgIpc) is 2.80. The van der Waals surface area contributed by atoms with Crippen LogP contribution in [0.5, 0.6) is 0 Å². The minimum Gasteiger partial charge on any atom is -0.465 e. The molecule has 0 bridgehead atoms. The molecule has 0 fully saturated rings. The van der Waals surface area contributed by atoms with Gasteiger partial charge in [-0.3, -0.25) is 0 Å². The number of fused-ring (bicyclic) bond motifs is 1. The van der Waals surface area contributed by atoms with Crippen LogP contribution in [0.2, 0.25) is 25.7 Å². The zero-order valence-electron chi connectivity index (χ0n) is 13.6. The smallest absolute Gasteiger partial charge is 0.405 e. The van der Waals surface area contributed by atoms with Crippen LogP contribution in [0.3, 0.4) is 0 Å². The summed E-state index contributed by atoms with van der Waals surface area (Å²) in [4.78, 5) is 15.3. The maximum absolute atomic E-state index is 10.8. The quantitative estimate of drug-likeness (QED) is 0.546. The molecule has 0 aliphatic carbocycles. The Morgan fingerprint density at radius 1 is 1.43 bits per heavy atom. The average molecular weight is 400 g/mol. The molecule has 0 saturated heterocycles. The molecule has 0 saturated carbocycles. The van der Waals surface area contributed by atoms with Crippen LogP contribution in [0.1, 0.15) is 5.82 Å². The maximum atomic E-state index is 10.8. The number of benzene rings is 1. The van der Waals surface area contributed by atoms with Crippen LogP contribution < -0.4 is 5.32 Å². The predicted molar refractivity (Wildman–Crippen MR) is 96.4 cm³/mol. The van der Waals surface area contributed by atoms with Crippen molar-refractivity contribution in [3.8, 4) is 0 Å². The normalized spacial score (nSPS) is 11.8. The lowest BCUT2D eigenvalue weighted by Gasteiger charge is -2.16. The van der Waals surface area contributed by atoms with Gasteiger partial charge in [-0.15, -0.1) is 0 Å². The van der Waals surface area contributed by atoms with Gasteiger partial charge in [0.25, 0.3) is 0 Å². The Kier molecular flexibility index (Phi) is 5.82. The van der Waals surface area contributed by atoms with Crippen LogP contribution in [-0.4, -0.2) is 35.4 Å². The van der Waals surface area contributed by atoms with E-state index >= 15 is 0 Å². The van der Waals surface area contributed by atoms with E-state index in [0.717, 1.165) is 21.6 Å². The van der Waals surface area contributed by atoms with Gasteiger partial charge in [-0.25, -0.2) is 9.78 Å². The van der Waals surface area contributed by atoms with E-state index in [0.29, 0.717) is 19.2 Å². The Balaban J connectivity index is 2.19. The van der Waals surface area contributed by atoms with Gasteiger partial charge in [0.05, 0.1) is 12.1 Å². The fraction of sp³-hybridized carbons (Fsp3) is 0.467. The number of ether oxygens (including phenoxy) is 1. The van der Waals surface area contributed by atoms with E-state index in [2.05, 4.69) is 45.9 Å². The van der Waals surface area contributed by atoms with E-state index in [-0.39, 0.29) is 6.54 Å². The number of halogens is 1. The van der Waals surface area contributed by atoms with Gasteiger partial charge >= 0.3 is 6.09 Å². The Bertz CT molecular complexity index is 697. The molecule has 0 atom stereocenters. The van der Waals surface area contributed by atoms with E-state index in [9.17, 15) is 4.79 Å². The zero-order chi connectivity index (χ0) is 17.0. The standard InChI is InChI=1S/C15H22BrN3O3Si/c1-23(2,3)8-7-22-10-19-12-6-4-5-11(16)14(12)18-13(19)9-17-15(20)21/h4-6,17H,7-10H2,1-3H3,(H,20,21). The lowest BCUT2D eigenvalue weighted by Crippen LogP contribution is -2.24. The van der Waals surface area contributed by atoms with Crippen molar-refractivity contribution in [2.24, 2.45) is 0 Å².